The van der Waals surface area contributed by atoms with Crippen LogP contribution in [0.3, 0.4) is 0 Å². The Balaban J connectivity index is 3.73. The number of aliphatic carboxylic acids is 1. The molecule has 2 amide bonds. The molecule has 0 bridgehead atoms. The highest BCUT2D eigenvalue weighted by Crippen LogP contribution is 2.25. The van der Waals surface area contributed by atoms with Gasteiger partial charge in [0.15, 0.2) is 0 Å². The topological polar surface area (TPSA) is 95.5 Å². The summed E-state index contributed by atoms with van der Waals surface area (Å²) in [6.45, 7) is 4.84. The number of carbonyl (C=O) groups is 2. The molecular weight excluding hydrogens is 268 g/mol. The minimum Gasteiger partial charge on any atom is -0.481 e. The summed E-state index contributed by atoms with van der Waals surface area (Å²) in [6, 6.07) is -0.278. The molecule has 0 aliphatic rings. The number of urea groups is 1. The molecule has 0 aliphatic heterocycles. The molecule has 3 N–H and O–H groups in total. The molecule has 0 spiro atoms. The maximum absolute atomic E-state index is 11.4. The maximum atomic E-state index is 11.4. The van der Waals surface area contributed by atoms with Crippen molar-refractivity contribution in [3.05, 3.63) is 0 Å². The lowest BCUT2D eigenvalue weighted by Crippen LogP contribution is -2.38. The molecule has 0 radical (unpaired) electrons. The van der Waals surface area contributed by atoms with Crippen molar-refractivity contribution in [1.82, 2.24) is 10.6 Å². The molecule has 0 rings (SSSR count). The molecule has 6 nitrogen and oxygen atoms in total. The minimum atomic E-state index is -0.907. The first-order chi connectivity index (χ1) is 8.73. The smallest absolute Gasteiger partial charge is 0.314 e. The zero-order chi connectivity index (χ0) is 14.9. The summed E-state index contributed by atoms with van der Waals surface area (Å²) in [5.74, 6) is -0.358. The van der Waals surface area contributed by atoms with Gasteiger partial charge >= 0.3 is 12.0 Å². The van der Waals surface area contributed by atoms with Gasteiger partial charge in [0, 0.05) is 42.3 Å². The Hall–Kier alpha value is -1.11. The second-order valence-corrected chi connectivity index (χ2v) is 6.82. The van der Waals surface area contributed by atoms with Crippen LogP contribution in [0.15, 0.2) is 0 Å². The first-order valence-electron chi connectivity index (χ1n) is 6.26. The van der Waals surface area contributed by atoms with Crippen molar-refractivity contribution in [3.8, 4) is 0 Å². The van der Waals surface area contributed by atoms with Gasteiger partial charge in [-0.1, -0.05) is 13.8 Å². The van der Waals surface area contributed by atoms with Crippen molar-refractivity contribution in [2.24, 2.45) is 5.41 Å². The summed E-state index contributed by atoms with van der Waals surface area (Å²) in [5.41, 5.74) is -0.114. The Bertz CT molecular complexity index is 332. The van der Waals surface area contributed by atoms with Crippen LogP contribution < -0.4 is 10.6 Å². The van der Waals surface area contributed by atoms with Crippen molar-refractivity contribution in [2.75, 3.05) is 25.1 Å². The number of carboxylic acid groups (broad SMARTS) is 1. The van der Waals surface area contributed by atoms with E-state index >= 15 is 0 Å². The number of amides is 2. The van der Waals surface area contributed by atoms with Crippen LogP contribution in [0.1, 0.15) is 33.1 Å². The van der Waals surface area contributed by atoms with E-state index < -0.39 is 16.8 Å². The van der Waals surface area contributed by atoms with Gasteiger partial charge in [0.1, 0.15) is 0 Å². The number of rotatable bonds is 9. The molecule has 7 heteroatoms. The first-order valence-corrected chi connectivity index (χ1v) is 7.99. The van der Waals surface area contributed by atoms with E-state index in [1.165, 1.54) is 0 Å². The van der Waals surface area contributed by atoms with E-state index in [9.17, 15) is 13.8 Å². The monoisotopic (exact) mass is 292 g/mol. The Morgan fingerprint density at radius 1 is 1.16 bits per heavy atom. The number of carboxylic acids is 1. The van der Waals surface area contributed by atoms with Gasteiger partial charge in [-0.05, 0) is 18.3 Å². The average Bonchev–Trinajstić information content (AvgIpc) is 2.26. The average molecular weight is 292 g/mol. The van der Waals surface area contributed by atoms with Gasteiger partial charge in [-0.3, -0.25) is 9.00 Å². The number of carbonyl (C=O) groups excluding carboxylic acids is 1. The summed E-state index contributed by atoms with van der Waals surface area (Å²) >= 11 is 0. The van der Waals surface area contributed by atoms with Crippen LogP contribution in [0, 0.1) is 5.41 Å². The van der Waals surface area contributed by atoms with Crippen molar-refractivity contribution < 1.29 is 18.9 Å². The fourth-order valence-electron chi connectivity index (χ4n) is 1.46. The van der Waals surface area contributed by atoms with Gasteiger partial charge in [-0.25, -0.2) is 4.79 Å². The number of hydrogen-bond acceptors (Lipinski definition) is 3. The molecule has 0 aromatic heterocycles. The summed E-state index contributed by atoms with van der Waals surface area (Å²) in [4.78, 5) is 21.9. The lowest BCUT2D eigenvalue weighted by atomic mass is 9.84. The summed E-state index contributed by atoms with van der Waals surface area (Å²) in [5, 5.41) is 13.9. The van der Waals surface area contributed by atoms with Crippen LogP contribution in [-0.4, -0.2) is 46.4 Å². The largest absolute Gasteiger partial charge is 0.481 e. The maximum Gasteiger partial charge on any atom is 0.314 e. The zero-order valence-electron chi connectivity index (χ0n) is 11.8. The second kappa shape index (κ2) is 8.90. The third-order valence-corrected chi connectivity index (χ3v) is 3.56. The highest BCUT2D eigenvalue weighted by Gasteiger charge is 2.19. The normalized spacial score (nSPS) is 12.8. The molecule has 0 saturated heterocycles. The molecule has 0 aliphatic carbocycles. The molecule has 0 aromatic rings. The molecular formula is C12H24N2O4S. The molecule has 0 saturated carbocycles. The highest BCUT2D eigenvalue weighted by molar-refractivity contribution is 7.84. The predicted molar refractivity (Wildman–Crippen MR) is 75.6 cm³/mol. The van der Waals surface area contributed by atoms with E-state index in [1.807, 2.05) is 13.8 Å². The summed E-state index contributed by atoms with van der Waals surface area (Å²) in [7, 11) is -0.907. The van der Waals surface area contributed by atoms with Gasteiger partial charge < -0.3 is 15.7 Å². The van der Waals surface area contributed by atoms with Gasteiger partial charge in [-0.15, -0.1) is 0 Å². The van der Waals surface area contributed by atoms with E-state index in [0.29, 0.717) is 31.7 Å². The molecule has 0 aromatic carbocycles. The molecule has 112 valence electrons. The third kappa shape index (κ3) is 11.7. The predicted octanol–water partition coefficient (Wildman–Crippen LogP) is 0.945. The van der Waals surface area contributed by atoms with E-state index in [1.54, 1.807) is 6.26 Å². The van der Waals surface area contributed by atoms with Gasteiger partial charge in [0.05, 0.1) is 0 Å². The molecule has 1 unspecified atom stereocenters. The van der Waals surface area contributed by atoms with Crippen molar-refractivity contribution in [3.63, 3.8) is 0 Å². The first kappa shape index (κ1) is 17.9. The van der Waals surface area contributed by atoms with Crippen molar-refractivity contribution in [2.45, 2.75) is 33.1 Å². The van der Waals surface area contributed by atoms with Crippen LogP contribution in [0.2, 0.25) is 0 Å². The highest BCUT2D eigenvalue weighted by atomic mass is 32.2. The van der Waals surface area contributed by atoms with E-state index in [-0.39, 0.29) is 17.9 Å². The quantitative estimate of drug-likeness (QED) is 0.589. The van der Waals surface area contributed by atoms with Crippen molar-refractivity contribution in [1.29, 1.82) is 0 Å². The Kier molecular flexibility index (Phi) is 8.38. The molecule has 0 fully saturated rings. The van der Waals surface area contributed by atoms with Crippen LogP contribution in [0.5, 0.6) is 0 Å². The molecule has 19 heavy (non-hydrogen) atoms. The SMILES string of the molecule is CS(=O)CCNC(=O)NCCC(C)(C)CCC(=O)O. The standard InChI is InChI=1S/C12H24N2O4S/c1-12(2,5-4-10(15)16)6-7-13-11(17)14-8-9-19(3)18/h4-9H2,1-3H3,(H,15,16)(H2,13,14,17). The lowest BCUT2D eigenvalue weighted by molar-refractivity contribution is -0.137. The summed E-state index contributed by atoms with van der Waals surface area (Å²) < 4.78 is 10.8. The number of hydrogen-bond donors (Lipinski definition) is 3. The Labute approximate surface area is 116 Å². The third-order valence-electron chi connectivity index (χ3n) is 2.78. The second-order valence-electron chi connectivity index (χ2n) is 5.27. The Morgan fingerprint density at radius 3 is 2.26 bits per heavy atom. The van der Waals surface area contributed by atoms with E-state index in [2.05, 4.69) is 10.6 Å². The van der Waals surface area contributed by atoms with Crippen LogP contribution >= 0.6 is 0 Å². The van der Waals surface area contributed by atoms with Gasteiger partial charge in [0.2, 0.25) is 0 Å². The Morgan fingerprint density at radius 2 is 1.74 bits per heavy atom. The zero-order valence-corrected chi connectivity index (χ0v) is 12.6. The van der Waals surface area contributed by atoms with Crippen LogP contribution in [-0.2, 0) is 15.6 Å². The van der Waals surface area contributed by atoms with Crippen LogP contribution in [0.25, 0.3) is 0 Å². The lowest BCUT2D eigenvalue weighted by Gasteiger charge is -2.23. The van der Waals surface area contributed by atoms with Gasteiger partial charge in [0.25, 0.3) is 0 Å². The fourth-order valence-corrected chi connectivity index (χ4v) is 1.85. The minimum absolute atomic E-state index is 0.114. The van der Waals surface area contributed by atoms with Crippen LogP contribution in [0.4, 0.5) is 4.79 Å². The van der Waals surface area contributed by atoms with Gasteiger partial charge in [-0.2, -0.15) is 0 Å². The summed E-state index contributed by atoms with van der Waals surface area (Å²) in [6.07, 6.45) is 3.03. The van der Waals surface area contributed by atoms with Crippen molar-refractivity contribution >= 4 is 22.8 Å². The fraction of sp³-hybridized carbons (Fsp3) is 0.833. The molecule has 1 atom stereocenters. The number of nitrogens with one attached hydrogen (secondary N) is 2. The van der Waals surface area contributed by atoms with E-state index in [4.69, 9.17) is 5.11 Å². The van der Waals surface area contributed by atoms with E-state index in [0.717, 1.165) is 0 Å². The molecule has 0 heterocycles.